The Bertz CT molecular complexity index is 1130. The highest BCUT2D eigenvalue weighted by Crippen LogP contribution is 2.27. The van der Waals surface area contributed by atoms with E-state index in [1.54, 1.807) is 4.52 Å². The molecule has 0 atom stereocenters. The molecule has 4 rings (SSSR count). The Morgan fingerprint density at radius 1 is 1.04 bits per heavy atom. The van der Waals surface area contributed by atoms with Crippen molar-refractivity contribution >= 4 is 27.9 Å². The minimum absolute atomic E-state index is 0.126. The second-order valence-corrected chi connectivity index (χ2v) is 7.14. The standard InChI is InChI=1S/C19H17N5OS/c1-11-7-8-14(9-12(11)2)17(25)20-16-6-4-5-15(10-16)18-23-24-13(3)21-22-19(24)26-18/h4-10H,1-3H3,(H,20,25). The molecule has 0 saturated heterocycles. The smallest absolute Gasteiger partial charge is 0.255 e. The number of carbonyl (C=O) groups excluding carboxylic acids is 1. The van der Waals surface area contributed by atoms with Crippen molar-refractivity contribution in [3.63, 3.8) is 0 Å². The molecule has 1 amide bonds. The van der Waals surface area contributed by atoms with Gasteiger partial charge in [-0.25, -0.2) is 0 Å². The third kappa shape index (κ3) is 2.97. The minimum Gasteiger partial charge on any atom is -0.322 e. The van der Waals surface area contributed by atoms with Gasteiger partial charge in [-0.2, -0.15) is 9.61 Å². The van der Waals surface area contributed by atoms with E-state index in [9.17, 15) is 4.79 Å². The molecule has 2 aromatic heterocycles. The van der Waals surface area contributed by atoms with E-state index in [0.29, 0.717) is 5.56 Å². The lowest BCUT2D eigenvalue weighted by atomic mass is 10.1. The lowest BCUT2D eigenvalue weighted by Crippen LogP contribution is -2.12. The van der Waals surface area contributed by atoms with Crippen LogP contribution >= 0.6 is 11.3 Å². The maximum Gasteiger partial charge on any atom is 0.255 e. The van der Waals surface area contributed by atoms with Crippen molar-refractivity contribution in [2.45, 2.75) is 20.8 Å². The van der Waals surface area contributed by atoms with Crippen LogP contribution in [0.5, 0.6) is 0 Å². The zero-order valence-corrected chi connectivity index (χ0v) is 15.5. The maximum atomic E-state index is 12.5. The SMILES string of the molecule is Cc1ccc(C(=O)Nc2cccc(-c3nn4c(C)nnc4s3)c2)cc1C. The van der Waals surface area contributed by atoms with Crippen molar-refractivity contribution in [2.75, 3.05) is 5.32 Å². The number of fused-ring (bicyclic) bond motifs is 1. The molecular formula is C19H17N5OS. The minimum atomic E-state index is -0.126. The Hall–Kier alpha value is -3.06. The number of amides is 1. The van der Waals surface area contributed by atoms with Gasteiger partial charge >= 0.3 is 0 Å². The van der Waals surface area contributed by atoms with Crippen LogP contribution in [0.15, 0.2) is 42.5 Å². The zero-order chi connectivity index (χ0) is 18.3. The van der Waals surface area contributed by atoms with Crippen molar-refractivity contribution in [3.8, 4) is 10.6 Å². The average Bonchev–Trinajstić information content (AvgIpc) is 3.20. The number of nitrogens with one attached hydrogen (secondary N) is 1. The number of aromatic nitrogens is 4. The van der Waals surface area contributed by atoms with E-state index in [1.807, 2.05) is 63.2 Å². The lowest BCUT2D eigenvalue weighted by Gasteiger charge is -2.08. The van der Waals surface area contributed by atoms with Gasteiger partial charge in [0.1, 0.15) is 5.01 Å². The van der Waals surface area contributed by atoms with Crippen LogP contribution in [0, 0.1) is 20.8 Å². The molecule has 0 saturated carbocycles. The van der Waals surface area contributed by atoms with Gasteiger partial charge in [0.25, 0.3) is 5.91 Å². The van der Waals surface area contributed by atoms with E-state index < -0.39 is 0 Å². The number of hydrogen-bond acceptors (Lipinski definition) is 5. The van der Waals surface area contributed by atoms with Gasteiger partial charge in [0.15, 0.2) is 5.82 Å². The first-order valence-electron chi connectivity index (χ1n) is 8.19. The third-order valence-electron chi connectivity index (χ3n) is 4.28. The quantitative estimate of drug-likeness (QED) is 0.596. The largest absolute Gasteiger partial charge is 0.322 e. The number of benzene rings is 2. The number of rotatable bonds is 3. The van der Waals surface area contributed by atoms with Crippen molar-refractivity contribution in [1.29, 1.82) is 0 Å². The van der Waals surface area contributed by atoms with Crippen LogP contribution in [0.25, 0.3) is 15.5 Å². The first-order valence-corrected chi connectivity index (χ1v) is 9.01. The molecule has 26 heavy (non-hydrogen) atoms. The first kappa shape index (κ1) is 16.4. The Kier molecular flexibility index (Phi) is 4.00. The van der Waals surface area contributed by atoms with Crippen LogP contribution in [0.2, 0.25) is 0 Å². The summed E-state index contributed by atoms with van der Waals surface area (Å²) in [5.41, 5.74) is 4.57. The van der Waals surface area contributed by atoms with Gasteiger partial charge in [0.05, 0.1) is 0 Å². The molecule has 6 nitrogen and oxygen atoms in total. The normalized spacial score (nSPS) is 11.0. The van der Waals surface area contributed by atoms with Crippen molar-refractivity contribution in [1.82, 2.24) is 19.8 Å². The second-order valence-electron chi connectivity index (χ2n) is 6.18. The van der Waals surface area contributed by atoms with Gasteiger partial charge in [-0.05, 0) is 56.2 Å². The topological polar surface area (TPSA) is 72.2 Å². The number of anilines is 1. The summed E-state index contributed by atoms with van der Waals surface area (Å²) < 4.78 is 1.72. The van der Waals surface area contributed by atoms with Gasteiger partial charge in [0, 0.05) is 16.8 Å². The van der Waals surface area contributed by atoms with E-state index in [1.165, 1.54) is 16.9 Å². The molecule has 1 N–H and O–H groups in total. The molecule has 0 aliphatic carbocycles. The van der Waals surface area contributed by atoms with Gasteiger partial charge in [-0.3, -0.25) is 4.79 Å². The maximum absolute atomic E-state index is 12.5. The monoisotopic (exact) mass is 363 g/mol. The predicted molar refractivity (Wildman–Crippen MR) is 103 cm³/mol. The molecule has 0 aliphatic rings. The molecule has 0 bridgehead atoms. The van der Waals surface area contributed by atoms with Crippen LogP contribution in [-0.2, 0) is 0 Å². The fourth-order valence-electron chi connectivity index (χ4n) is 2.65. The molecule has 0 fully saturated rings. The van der Waals surface area contributed by atoms with E-state index >= 15 is 0 Å². The number of hydrogen-bond donors (Lipinski definition) is 1. The summed E-state index contributed by atoms with van der Waals surface area (Å²) in [6, 6.07) is 13.4. The average molecular weight is 363 g/mol. The number of aryl methyl sites for hydroxylation is 3. The highest BCUT2D eigenvalue weighted by atomic mass is 32.1. The van der Waals surface area contributed by atoms with Gasteiger partial charge in [-0.1, -0.05) is 29.5 Å². The molecule has 2 heterocycles. The van der Waals surface area contributed by atoms with E-state index in [2.05, 4.69) is 20.6 Å². The zero-order valence-electron chi connectivity index (χ0n) is 14.6. The summed E-state index contributed by atoms with van der Waals surface area (Å²) in [5.74, 6) is 0.626. The van der Waals surface area contributed by atoms with Crippen molar-refractivity contribution < 1.29 is 4.79 Å². The fraction of sp³-hybridized carbons (Fsp3) is 0.158. The van der Waals surface area contributed by atoms with Crippen LogP contribution in [0.4, 0.5) is 5.69 Å². The fourth-order valence-corrected chi connectivity index (χ4v) is 3.53. The third-order valence-corrected chi connectivity index (χ3v) is 5.23. The molecule has 2 aromatic carbocycles. The Balaban J connectivity index is 1.60. The highest BCUT2D eigenvalue weighted by Gasteiger charge is 2.12. The number of carbonyl (C=O) groups is 1. The summed E-state index contributed by atoms with van der Waals surface area (Å²) in [5, 5.41) is 16.4. The Morgan fingerprint density at radius 2 is 1.88 bits per heavy atom. The second kappa shape index (κ2) is 6.34. The van der Waals surface area contributed by atoms with Crippen LogP contribution in [0.1, 0.15) is 27.3 Å². The van der Waals surface area contributed by atoms with Gasteiger partial charge in [-0.15, -0.1) is 10.2 Å². The molecule has 4 aromatic rings. The molecule has 0 radical (unpaired) electrons. The summed E-state index contributed by atoms with van der Waals surface area (Å²) in [4.78, 5) is 13.3. The molecular weight excluding hydrogens is 346 g/mol. The predicted octanol–water partition coefficient (Wildman–Crippen LogP) is 4.03. The van der Waals surface area contributed by atoms with E-state index in [0.717, 1.165) is 32.6 Å². The van der Waals surface area contributed by atoms with E-state index in [4.69, 9.17) is 0 Å². The lowest BCUT2D eigenvalue weighted by molar-refractivity contribution is 0.102. The first-order chi connectivity index (χ1) is 12.5. The Morgan fingerprint density at radius 3 is 2.65 bits per heavy atom. The van der Waals surface area contributed by atoms with Gasteiger partial charge < -0.3 is 5.32 Å². The highest BCUT2D eigenvalue weighted by molar-refractivity contribution is 7.19. The summed E-state index contributed by atoms with van der Waals surface area (Å²) in [6.45, 7) is 5.90. The Labute approximate surface area is 154 Å². The van der Waals surface area contributed by atoms with Crippen LogP contribution < -0.4 is 5.32 Å². The molecule has 0 spiro atoms. The molecule has 0 aliphatic heterocycles. The summed E-state index contributed by atoms with van der Waals surface area (Å²) in [7, 11) is 0. The molecule has 7 heteroatoms. The summed E-state index contributed by atoms with van der Waals surface area (Å²) in [6.07, 6.45) is 0. The summed E-state index contributed by atoms with van der Waals surface area (Å²) >= 11 is 1.46. The van der Waals surface area contributed by atoms with Crippen LogP contribution in [0.3, 0.4) is 0 Å². The van der Waals surface area contributed by atoms with Crippen molar-refractivity contribution in [2.24, 2.45) is 0 Å². The van der Waals surface area contributed by atoms with Crippen LogP contribution in [-0.4, -0.2) is 25.7 Å². The van der Waals surface area contributed by atoms with Crippen molar-refractivity contribution in [3.05, 3.63) is 65.0 Å². The molecule has 130 valence electrons. The van der Waals surface area contributed by atoms with Gasteiger partial charge in [0.2, 0.25) is 4.96 Å². The number of nitrogens with zero attached hydrogens (tertiary/aromatic N) is 4. The molecule has 0 unspecified atom stereocenters. The van der Waals surface area contributed by atoms with E-state index in [-0.39, 0.29) is 5.91 Å².